The second-order valence-corrected chi connectivity index (χ2v) is 4.65. The van der Waals surface area contributed by atoms with Crippen molar-refractivity contribution in [2.24, 2.45) is 5.84 Å². The Morgan fingerprint density at radius 1 is 1.38 bits per heavy atom. The van der Waals surface area contributed by atoms with Crippen LogP contribution in [0.4, 0.5) is 0 Å². The molecule has 0 aliphatic carbocycles. The van der Waals surface area contributed by atoms with E-state index in [-0.39, 0.29) is 5.54 Å². The summed E-state index contributed by atoms with van der Waals surface area (Å²) in [5, 5.41) is 0. The van der Waals surface area contributed by atoms with Gasteiger partial charge in [-0.25, -0.2) is 5.43 Å². The van der Waals surface area contributed by atoms with Crippen LogP contribution in [0.3, 0.4) is 0 Å². The molecule has 88 valence electrons. The molecule has 1 aliphatic heterocycles. The van der Waals surface area contributed by atoms with Crippen LogP contribution in [0.5, 0.6) is 0 Å². The SMILES string of the molecule is CCC(C)c1ccc(C2(NN)COC2)cc1. The molecule has 0 radical (unpaired) electrons. The number of ether oxygens (including phenoxy) is 1. The highest BCUT2D eigenvalue weighted by Gasteiger charge is 2.39. The van der Waals surface area contributed by atoms with Crippen LogP contribution in [0.15, 0.2) is 24.3 Å². The quantitative estimate of drug-likeness (QED) is 0.601. The third kappa shape index (κ3) is 1.86. The Labute approximate surface area is 97.0 Å². The molecule has 1 heterocycles. The second-order valence-electron chi connectivity index (χ2n) is 4.65. The fraction of sp³-hybridized carbons (Fsp3) is 0.538. The Morgan fingerprint density at radius 2 is 2.00 bits per heavy atom. The first kappa shape index (κ1) is 11.6. The van der Waals surface area contributed by atoms with E-state index in [1.807, 2.05) is 0 Å². The minimum absolute atomic E-state index is 0.159. The zero-order valence-corrected chi connectivity index (χ0v) is 9.99. The van der Waals surface area contributed by atoms with Crippen LogP contribution in [0.1, 0.15) is 37.3 Å². The largest absolute Gasteiger partial charge is 0.377 e. The summed E-state index contributed by atoms with van der Waals surface area (Å²) in [7, 11) is 0. The van der Waals surface area contributed by atoms with Crippen LogP contribution in [-0.2, 0) is 10.3 Å². The summed E-state index contributed by atoms with van der Waals surface area (Å²) in [6, 6.07) is 8.70. The van der Waals surface area contributed by atoms with Crippen molar-refractivity contribution in [1.82, 2.24) is 5.43 Å². The molecule has 1 atom stereocenters. The predicted octanol–water partition coefficient (Wildman–Crippen LogP) is 1.89. The van der Waals surface area contributed by atoms with Crippen molar-refractivity contribution in [3.63, 3.8) is 0 Å². The number of rotatable bonds is 4. The lowest BCUT2D eigenvalue weighted by molar-refractivity contribution is -0.0787. The van der Waals surface area contributed by atoms with E-state index in [0.717, 1.165) is 0 Å². The Hall–Kier alpha value is -0.900. The highest BCUT2D eigenvalue weighted by atomic mass is 16.5. The molecule has 0 spiro atoms. The summed E-state index contributed by atoms with van der Waals surface area (Å²) < 4.78 is 5.24. The Balaban J connectivity index is 2.18. The van der Waals surface area contributed by atoms with Crippen molar-refractivity contribution in [2.45, 2.75) is 31.7 Å². The van der Waals surface area contributed by atoms with E-state index in [4.69, 9.17) is 10.6 Å². The zero-order chi connectivity index (χ0) is 11.6. The molecule has 3 N–H and O–H groups in total. The van der Waals surface area contributed by atoms with E-state index in [0.29, 0.717) is 19.1 Å². The molecule has 0 saturated carbocycles. The van der Waals surface area contributed by atoms with Gasteiger partial charge in [0.15, 0.2) is 0 Å². The molecule has 16 heavy (non-hydrogen) atoms. The summed E-state index contributed by atoms with van der Waals surface area (Å²) in [6.07, 6.45) is 1.17. The molecule has 2 rings (SSSR count). The fourth-order valence-corrected chi connectivity index (χ4v) is 2.01. The molecule has 1 saturated heterocycles. The van der Waals surface area contributed by atoms with Crippen molar-refractivity contribution in [3.8, 4) is 0 Å². The highest BCUT2D eigenvalue weighted by Crippen LogP contribution is 2.30. The smallest absolute Gasteiger partial charge is 0.103 e. The van der Waals surface area contributed by atoms with E-state index in [9.17, 15) is 0 Å². The van der Waals surface area contributed by atoms with Crippen molar-refractivity contribution in [3.05, 3.63) is 35.4 Å². The van der Waals surface area contributed by atoms with E-state index in [1.165, 1.54) is 17.5 Å². The molecule has 3 heteroatoms. The summed E-state index contributed by atoms with van der Waals surface area (Å²) in [4.78, 5) is 0. The maximum atomic E-state index is 5.59. The lowest BCUT2D eigenvalue weighted by Gasteiger charge is -2.41. The third-order valence-corrected chi connectivity index (χ3v) is 3.62. The van der Waals surface area contributed by atoms with Crippen LogP contribution >= 0.6 is 0 Å². The lowest BCUT2D eigenvalue weighted by Crippen LogP contribution is -2.60. The average molecular weight is 220 g/mol. The first-order valence-corrected chi connectivity index (χ1v) is 5.88. The Morgan fingerprint density at radius 3 is 2.38 bits per heavy atom. The first-order valence-electron chi connectivity index (χ1n) is 5.88. The molecule has 1 fully saturated rings. The number of hydrazine groups is 1. The molecule has 0 amide bonds. The molecule has 1 unspecified atom stereocenters. The van der Waals surface area contributed by atoms with Crippen LogP contribution in [0.25, 0.3) is 0 Å². The second kappa shape index (κ2) is 4.53. The maximum absolute atomic E-state index is 5.59. The van der Waals surface area contributed by atoms with Gasteiger partial charge in [0.05, 0.1) is 13.2 Å². The molecule has 0 bridgehead atoms. The zero-order valence-electron chi connectivity index (χ0n) is 9.99. The Bertz CT molecular complexity index is 338. The number of benzene rings is 1. The number of hydrogen-bond acceptors (Lipinski definition) is 3. The van der Waals surface area contributed by atoms with E-state index >= 15 is 0 Å². The maximum Gasteiger partial charge on any atom is 0.103 e. The molecular formula is C13H20N2O. The standard InChI is InChI=1S/C13H20N2O/c1-3-10(2)11-4-6-12(7-5-11)13(15-14)8-16-9-13/h4-7,10,15H,3,8-9,14H2,1-2H3. The van der Waals surface area contributed by atoms with Gasteiger partial charge in [-0.1, -0.05) is 38.1 Å². The third-order valence-electron chi connectivity index (χ3n) is 3.62. The van der Waals surface area contributed by atoms with Gasteiger partial charge in [0.1, 0.15) is 5.54 Å². The van der Waals surface area contributed by atoms with E-state index in [1.54, 1.807) is 0 Å². The molecule has 1 aromatic rings. The summed E-state index contributed by atoms with van der Waals surface area (Å²) in [6.45, 7) is 5.78. The van der Waals surface area contributed by atoms with Crippen LogP contribution in [-0.4, -0.2) is 13.2 Å². The fourth-order valence-electron chi connectivity index (χ4n) is 2.01. The normalized spacial score (nSPS) is 20.2. The van der Waals surface area contributed by atoms with E-state index in [2.05, 4.69) is 43.5 Å². The number of nitrogens with two attached hydrogens (primary N) is 1. The highest BCUT2D eigenvalue weighted by molar-refractivity contribution is 5.31. The Kier molecular flexibility index (Phi) is 3.28. The summed E-state index contributed by atoms with van der Waals surface area (Å²) in [5.41, 5.74) is 5.31. The van der Waals surface area contributed by atoms with Gasteiger partial charge in [-0.05, 0) is 23.5 Å². The van der Waals surface area contributed by atoms with Gasteiger partial charge in [-0.15, -0.1) is 0 Å². The lowest BCUT2D eigenvalue weighted by atomic mass is 9.87. The van der Waals surface area contributed by atoms with Gasteiger partial charge in [0.25, 0.3) is 0 Å². The summed E-state index contributed by atoms with van der Waals surface area (Å²) >= 11 is 0. The van der Waals surface area contributed by atoms with Gasteiger partial charge in [0.2, 0.25) is 0 Å². The monoisotopic (exact) mass is 220 g/mol. The minimum Gasteiger partial charge on any atom is -0.377 e. The van der Waals surface area contributed by atoms with Gasteiger partial charge in [-0.2, -0.15) is 0 Å². The van der Waals surface area contributed by atoms with Gasteiger partial charge in [-0.3, -0.25) is 5.84 Å². The van der Waals surface area contributed by atoms with E-state index < -0.39 is 0 Å². The first-order chi connectivity index (χ1) is 7.72. The van der Waals surface area contributed by atoms with Gasteiger partial charge >= 0.3 is 0 Å². The topological polar surface area (TPSA) is 47.3 Å². The molecule has 1 aromatic carbocycles. The van der Waals surface area contributed by atoms with Crippen molar-refractivity contribution in [1.29, 1.82) is 0 Å². The summed E-state index contributed by atoms with van der Waals surface area (Å²) in [5.74, 6) is 6.21. The molecule has 1 aliphatic rings. The molecule has 3 nitrogen and oxygen atoms in total. The van der Waals surface area contributed by atoms with Crippen LogP contribution in [0, 0.1) is 0 Å². The van der Waals surface area contributed by atoms with Crippen molar-refractivity contribution < 1.29 is 4.74 Å². The molecule has 0 aromatic heterocycles. The number of hydrogen-bond donors (Lipinski definition) is 2. The van der Waals surface area contributed by atoms with Gasteiger partial charge < -0.3 is 4.74 Å². The average Bonchev–Trinajstić information content (AvgIpc) is 2.28. The van der Waals surface area contributed by atoms with Crippen molar-refractivity contribution >= 4 is 0 Å². The predicted molar refractivity (Wildman–Crippen MR) is 65.0 cm³/mol. The van der Waals surface area contributed by atoms with Gasteiger partial charge in [0, 0.05) is 0 Å². The molecular weight excluding hydrogens is 200 g/mol. The van der Waals surface area contributed by atoms with Crippen LogP contribution in [0.2, 0.25) is 0 Å². The van der Waals surface area contributed by atoms with Crippen molar-refractivity contribution in [2.75, 3.05) is 13.2 Å². The minimum atomic E-state index is -0.159. The number of nitrogens with one attached hydrogen (secondary N) is 1. The van der Waals surface area contributed by atoms with Crippen LogP contribution < -0.4 is 11.3 Å².